The lowest BCUT2D eigenvalue weighted by atomic mass is 10.1. The molecule has 5 nitrogen and oxygen atoms in total. The van der Waals surface area contributed by atoms with E-state index in [1.807, 2.05) is 25.8 Å². The average molecular weight is 264 g/mol. The highest BCUT2D eigenvalue weighted by atomic mass is 16.2. The van der Waals surface area contributed by atoms with Crippen LogP contribution < -0.4 is 0 Å². The van der Waals surface area contributed by atoms with Crippen LogP contribution in [0.25, 0.3) is 0 Å². The second-order valence-electron chi connectivity index (χ2n) is 5.42. The van der Waals surface area contributed by atoms with Gasteiger partial charge >= 0.3 is 0 Å². The van der Waals surface area contributed by atoms with Gasteiger partial charge in [-0.1, -0.05) is 6.92 Å². The Morgan fingerprint density at radius 2 is 2.26 bits per heavy atom. The fraction of sp³-hybridized carbons (Fsp3) is 0.714. The molecule has 0 bridgehead atoms. The van der Waals surface area contributed by atoms with Crippen molar-refractivity contribution in [1.29, 1.82) is 0 Å². The molecule has 1 saturated heterocycles. The number of hydrogen-bond donors (Lipinski definition) is 1. The minimum Gasteiger partial charge on any atom is -0.340 e. The standard InChI is InChI=1S/C14H24N4O/c1-5-18-8-6-7-12(18)9-17(4)14(19)13-10(2)15-16-11(13)3/h12H,5-9H2,1-4H3,(H,15,16). The Labute approximate surface area is 115 Å². The molecule has 1 N–H and O–H groups in total. The Morgan fingerprint density at radius 1 is 1.53 bits per heavy atom. The van der Waals surface area contributed by atoms with E-state index in [0.29, 0.717) is 6.04 Å². The van der Waals surface area contributed by atoms with E-state index < -0.39 is 0 Å². The number of nitrogens with one attached hydrogen (secondary N) is 1. The Morgan fingerprint density at radius 3 is 2.84 bits per heavy atom. The largest absolute Gasteiger partial charge is 0.340 e. The predicted molar refractivity (Wildman–Crippen MR) is 75.3 cm³/mol. The number of H-pyrrole nitrogens is 1. The van der Waals surface area contributed by atoms with Gasteiger partial charge in [0.1, 0.15) is 0 Å². The van der Waals surface area contributed by atoms with Crippen LogP contribution >= 0.6 is 0 Å². The molecule has 1 amide bonds. The van der Waals surface area contributed by atoms with Crippen LogP contribution in [0.3, 0.4) is 0 Å². The first-order valence-electron chi connectivity index (χ1n) is 7.05. The molecule has 1 aromatic heterocycles. The van der Waals surface area contributed by atoms with Crippen LogP contribution in [0.15, 0.2) is 0 Å². The lowest BCUT2D eigenvalue weighted by Gasteiger charge is -2.27. The molecule has 106 valence electrons. The minimum absolute atomic E-state index is 0.0757. The van der Waals surface area contributed by atoms with E-state index >= 15 is 0 Å². The summed E-state index contributed by atoms with van der Waals surface area (Å²) in [6, 6.07) is 0.506. The van der Waals surface area contributed by atoms with Gasteiger partial charge in [0.2, 0.25) is 0 Å². The number of rotatable bonds is 4. The van der Waals surface area contributed by atoms with Gasteiger partial charge < -0.3 is 4.90 Å². The second kappa shape index (κ2) is 5.74. The van der Waals surface area contributed by atoms with Crippen molar-refractivity contribution in [1.82, 2.24) is 20.0 Å². The summed E-state index contributed by atoms with van der Waals surface area (Å²) >= 11 is 0. The summed E-state index contributed by atoms with van der Waals surface area (Å²) in [4.78, 5) is 16.8. The molecule has 0 radical (unpaired) electrons. The van der Waals surface area contributed by atoms with Crippen molar-refractivity contribution in [3.63, 3.8) is 0 Å². The molecule has 1 unspecified atom stereocenters. The summed E-state index contributed by atoms with van der Waals surface area (Å²) in [5, 5.41) is 6.98. The molecule has 0 spiro atoms. The SMILES string of the molecule is CCN1CCCC1CN(C)C(=O)c1c(C)n[nH]c1C. The molecule has 2 heterocycles. The zero-order valence-electron chi connectivity index (χ0n) is 12.4. The van der Waals surface area contributed by atoms with E-state index in [-0.39, 0.29) is 5.91 Å². The molecule has 0 saturated carbocycles. The Bertz CT molecular complexity index is 435. The van der Waals surface area contributed by atoms with E-state index in [0.717, 1.165) is 36.6 Å². The molecule has 0 aromatic carbocycles. The van der Waals surface area contributed by atoms with E-state index in [4.69, 9.17) is 0 Å². The van der Waals surface area contributed by atoms with Crippen LogP contribution in [0.2, 0.25) is 0 Å². The van der Waals surface area contributed by atoms with E-state index in [1.165, 1.54) is 12.8 Å². The molecule has 0 aliphatic carbocycles. The predicted octanol–water partition coefficient (Wildman–Crippen LogP) is 1.58. The third-order valence-corrected chi connectivity index (χ3v) is 4.08. The van der Waals surface area contributed by atoms with Crippen LogP contribution in [0.5, 0.6) is 0 Å². The van der Waals surface area contributed by atoms with E-state index in [2.05, 4.69) is 22.0 Å². The van der Waals surface area contributed by atoms with Gasteiger partial charge in [0, 0.05) is 25.3 Å². The van der Waals surface area contributed by atoms with Gasteiger partial charge in [-0.3, -0.25) is 14.8 Å². The Hall–Kier alpha value is -1.36. The number of carbonyl (C=O) groups excluding carboxylic acids is 1. The van der Waals surface area contributed by atoms with Gasteiger partial charge in [-0.25, -0.2) is 0 Å². The monoisotopic (exact) mass is 264 g/mol. The molecule has 1 aromatic rings. The molecular formula is C14H24N4O. The normalized spacial score (nSPS) is 19.9. The van der Waals surface area contributed by atoms with Crippen molar-refractivity contribution in [3.05, 3.63) is 17.0 Å². The third-order valence-electron chi connectivity index (χ3n) is 4.08. The lowest BCUT2D eigenvalue weighted by Crippen LogP contribution is -2.41. The number of aromatic amines is 1. The van der Waals surface area contributed by atoms with Crippen LogP contribution in [-0.4, -0.2) is 58.6 Å². The molecule has 1 aliphatic rings. The van der Waals surface area contributed by atoms with Crippen molar-refractivity contribution in [2.45, 2.75) is 39.7 Å². The topological polar surface area (TPSA) is 52.2 Å². The molecule has 1 fully saturated rings. The summed E-state index contributed by atoms with van der Waals surface area (Å²) in [7, 11) is 1.89. The van der Waals surface area contributed by atoms with Gasteiger partial charge in [0.15, 0.2) is 0 Å². The maximum absolute atomic E-state index is 12.5. The fourth-order valence-electron chi connectivity index (χ4n) is 2.97. The number of aryl methyl sites for hydroxylation is 2. The number of hydrogen-bond acceptors (Lipinski definition) is 3. The van der Waals surface area contributed by atoms with Crippen molar-refractivity contribution in [2.75, 3.05) is 26.7 Å². The van der Waals surface area contributed by atoms with Gasteiger partial charge in [-0.2, -0.15) is 5.10 Å². The van der Waals surface area contributed by atoms with Crippen LogP contribution in [0, 0.1) is 13.8 Å². The maximum Gasteiger partial charge on any atom is 0.257 e. The first kappa shape index (κ1) is 14.1. The molecular weight excluding hydrogens is 240 g/mol. The summed E-state index contributed by atoms with van der Waals surface area (Å²) in [5.41, 5.74) is 2.37. The van der Waals surface area contributed by atoms with Crippen LogP contribution in [0.1, 0.15) is 41.5 Å². The summed E-state index contributed by atoms with van der Waals surface area (Å²) in [6.45, 7) is 8.98. The summed E-state index contributed by atoms with van der Waals surface area (Å²) < 4.78 is 0. The number of aromatic nitrogens is 2. The molecule has 1 atom stereocenters. The zero-order valence-corrected chi connectivity index (χ0v) is 12.4. The lowest BCUT2D eigenvalue weighted by molar-refractivity contribution is 0.0753. The number of likely N-dealkylation sites (tertiary alicyclic amines) is 1. The van der Waals surface area contributed by atoms with E-state index in [9.17, 15) is 4.79 Å². The smallest absolute Gasteiger partial charge is 0.257 e. The number of amides is 1. The van der Waals surface area contributed by atoms with Crippen molar-refractivity contribution >= 4 is 5.91 Å². The average Bonchev–Trinajstić information content (AvgIpc) is 2.95. The first-order chi connectivity index (χ1) is 9.04. The Kier molecular flexibility index (Phi) is 4.24. The quantitative estimate of drug-likeness (QED) is 0.898. The van der Waals surface area contributed by atoms with Crippen molar-refractivity contribution in [2.24, 2.45) is 0 Å². The summed E-state index contributed by atoms with van der Waals surface area (Å²) in [5.74, 6) is 0.0757. The van der Waals surface area contributed by atoms with Crippen LogP contribution in [-0.2, 0) is 0 Å². The first-order valence-corrected chi connectivity index (χ1v) is 7.05. The molecule has 5 heteroatoms. The molecule has 1 aliphatic heterocycles. The van der Waals surface area contributed by atoms with Crippen molar-refractivity contribution < 1.29 is 4.79 Å². The van der Waals surface area contributed by atoms with Gasteiger partial charge in [0.25, 0.3) is 5.91 Å². The van der Waals surface area contributed by atoms with Gasteiger partial charge in [-0.05, 0) is 39.8 Å². The molecule has 19 heavy (non-hydrogen) atoms. The Balaban J connectivity index is 2.04. The number of nitrogens with zero attached hydrogens (tertiary/aromatic N) is 3. The number of carbonyl (C=O) groups is 1. The third kappa shape index (κ3) is 2.81. The van der Waals surface area contributed by atoms with Gasteiger partial charge in [0.05, 0.1) is 11.3 Å². The van der Waals surface area contributed by atoms with Crippen molar-refractivity contribution in [3.8, 4) is 0 Å². The van der Waals surface area contributed by atoms with Crippen LogP contribution in [0.4, 0.5) is 0 Å². The minimum atomic E-state index is 0.0757. The molecule has 2 rings (SSSR count). The highest BCUT2D eigenvalue weighted by Gasteiger charge is 2.27. The maximum atomic E-state index is 12.5. The summed E-state index contributed by atoms with van der Waals surface area (Å²) in [6.07, 6.45) is 2.43. The van der Waals surface area contributed by atoms with Gasteiger partial charge in [-0.15, -0.1) is 0 Å². The zero-order chi connectivity index (χ0) is 14.0. The second-order valence-corrected chi connectivity index (χ2v) is 5.42. The highest BCUT2D eigenvalue weighted by molar-refractivity contribution is 5.96. The fourth-order valence-corrected chi connectivity index (χ4v) is 2.97. The number of likely N-dealkylation sites (N-methyl/N-ethyl adjacent to an activating group) is 2. The van der Waals surface area contributed by atoms with E-state index in [1.54, 1.807) is 0 Å². The highest BCUT2D eigenvalue weighted by Crippen LogP contribution is 2.19.